The summed E-state index contributed by atoms with van der Waals surface area (Å²) in [4.78, 5) is 0. The first-order valence-corrected chi connectivity index (χ1v) is 6.88. The normalized spacial score (nSPS) is 15.6. The van der Waals surface area contributed by atoms with Crippen molar-refractivity contribution in [3.63, 3.8) is 0 Å². The largest absolute Gasteiger partial charge is 0.327 e. The number of hydrogen-bond acceptors (Lipinski definition) is 2. The molecule has 3 atom stereocenters. The van der Waals surface area contributed by atoms with Crippen molar-refractivity contribution in [2.75, 3.05) is 0 Å². The fourth-order valence-corrected chi connectivity index (χ4v) is 2.33. The van der Waals surface area contributed by atoms with E-state index in [0.717, 1.165) is 12.0 Å². The molecule has 0 saturated heterocycles. The van der Waals surface area contributed by atoms with Gasteiger partial charge in [-0.15, -0.1) is 0 Å². The van der Waals surface area contributed by atoms with E-state index < -0.39 is 0 Å². The summed E-state index contributed by atoms with van der Waals surface area (Å²) in [6.07, 6.45) is 0.789. The topological polar surface area (TPSA) is 52.0 Å². The Morgan fingerprint density at radius 3 is 2.15 bits per heavy atom. The van der Waals surface area contributed by atoms with Gasteiger partial charge in [-0.25, -0.2) is 4.39 Å². The van der Waals surface area contributed by atoms with Gasteiger partial charge in [-0.2, -0.15) is 0 Å². The average molecular weight is 272 g/mol. The molecule has 4 N–H and O–H groups in total. The first-order chi connectivity index (χ1) is 9.58. The van der Waals surface area contributed by atoms with Gasteiger partial charge in [-0.3, -0.25) is 0 Å². The average Bonchev–Trinajstić information content (AvgIpc) is 2.47. The van der Waals surface area contributed by atoms with E-state index in [2.05, 4.69) is 12.1 Å². The SMILES string of the molecule is CC(C(N)Cc1ccccc1)C(N)c1ccc(F)cc1. The Balaban J connectivity index is 2.02. The first kappa shape index (κ1) is 14.7. The molecule has 0 aliphatic carbocycles. The molecular weight excluding hydrogens is 251 g/mol. The second-order valence-corrected chi connectivity index (χ2v) is 5.29. The summed E-state index contributed by atoms with van der Waals surface area (Å²) in [5.74, 6) is -0.136. The second-order valence-electron chi connectivity index (χ2n) is 5.29. The summed E-state index contributed by atoms with van der Waals surface area (Å²) >= 11 is 0. The van der Waals surface area contributed by atoms with Crippen LogP contribution in [0.4, 0.5) is 4.39 Å². The number of rotatable bonds is 5. The molecule has 0 aromatic heterocycles. The second kappa shape index (κ2) is 6.64. The standard InChI is InChI=1S/C17H21FN2/c1-12(16(19)11-13-5-3-2-4-6-13)17(20)14-7-9-15(18)10-8-14/h2-10,12,16-17H,11,19-20H2,1H3. The zero-order valence-electron chi connectivity index (χ0n) is 11.7. The van der Waals surface area contributed by atoms with E-state index >= 15 is 0 Å². The van der Waals surface area contributed by atoms with E-state index in [1.54, 1.807) is 12.1 Å². The summed E-state index contributed by atoms with van der Waals surface area (Å²) in [6.45, 7) is 2.04. The van der Waals surface area contributed by atoms with Crippen LogP contribution in [0.15, 0.2) is 54.6 Å². The van der Waals surface area contributed by atoms with Gasteiger partial charge < -0.3 is 11.5 Å². The minimum absolute atomic E-state index is 0.0301. The molecule has 3 unspecified atom stereocenters. The van der Waals surface area contributed by atoms with Crippen LogP contribution in [0.3, 0.4) is 0 Å². The Hall–Kier alpha value is -1.71. The van der Waals surface area contributed by atoms with Crippen molar-refractivity contribution in [3.8, 4) is 0 Å². The van der Waals surface area contributed by atoms with Crippen molar-refractivity contribution in [2.24, 2.45) is 17.4 Å². The lowest BCUT2D eigenvalue weighted by Gasteiger charge is -2.26. The molecule has 0 radical (unpaired) electrons. The van der Waals surface area contributed by atoms with Crippen LogP contribution in [0.2, 0.25) is 0 Å². The highest BCUT2D eigenvalue weighted by Crippen LogP contribution is 2.23. The summed E-state index contributed by atoms with van der Waals surface area (Å²) < 4.78 is 12.9. The van der Waals surface area contributed by atoms with Gasteiger partial charge in [0, 0.05) is 12.1 Å². The Morgan fingerprint density at radius 1 is 0.950 bits per heavy atom. The third-order valence-electron chi connectivity index (χ3n) is 3.81. The number of benzene rings is 2. The number of halogens is 1. The van der Waals surface area contributed by atoms with Gasteiger partial charge in [0.05, 0.1) is 0 Å². The summed E-state index contributed by atoms with van der Waals surface area (Å²) in [7, 11) is 0. The van der Waals surface area contributed by atoms with Crippen LogP contribution in [0.25, 0.3) is 0 Å². The third kappa shape index (κ3) is 3.65. The van der Waals surface area contributed by atoms with Crippen LogP contribution >= 0.6 is 0 Å². The van der Waals surface area contributed by atoms with Crippen molar-refractivity contribution < 1.29 is 4.39 Å². The minimum Gasteiger partial charge on any atom is -0.327 e. The highest BCUT2D eigenvalue weighted by molar-refractivity contribution is 5.21. The molecule has 3 heteroatoms. The van der Waals surface area contributed by atoms with Crippen LogP contribution in [-0.2, 0) is 6.42 Å². The fraction of sp³-hybridized carbons (Fsp3) is 0.294. The van der Waals surface area contributed by atoms with E-state index in [-0.39, 0.29) is 23.8 Å². The van der Waals surface area contributed by atoms with E-state index in [4.69, 9.17) is 11.5 Å². The molecule has 20 heavy (non-hydrogen) atoms. The van der Waals surface area contributed by atoms with Gasteiger partial charge in [-0.05, 0) is 35.6 Å². The van der Waals surface area contributed by atoms with Crippen LogP contribution in [-0.4, -0.2) is 6.04 Å². The van der Waals surface area contributed by atoms with E-state index in [9.17, 15) is 4.39 Å². The molecule has 0 heterocycles. The molecule has 0 aliphatic rings. The molecule has 106 valence electrons. The first-order valence-electron chi connectivity index (χ1n) is 6.88. The third-order valence-corrected chi connectivity index (χ3v) is 3.81. The molecule has 2 aromatic carbocycles. The molecule has 0 bridgehead atoms. The maximum Gasteiger partial charge on any atom is 0.123 e. The Morgan fingerprint density at radius 2 is 1.55 bits per heavy atom. The Bertz CT molecular complexity index is 524. The van der Waals surface area contributed by atoms with Crippen LogP contribution in [0, 0.1) is 11.7 Å². The lowest BCUT2D eigenvalue weighted by molar-refractivity contribution is 0.382. The lowest BCUT2D eigenvalue weighted by Crippen LogP contribution is -2.37. The van der Waals surface area contributed by atoms with Gasteiger partial charge in [0.2, 0.25) is 0 Å². The van der Waals surface area contributed by atoms with Crippen LogP contribution in [0.5, 0.6) is 0 Å². The lowest BCUT2D eigenvalue weighted by atomic mass is 9.86. The molecule has 0 fully saturated rings. The number of nitrogens with two attached hydrogens (primary N) is 2. The van der Waals surface area contributed by atoms with E-state index in [1.807, 2.05) is 25.1 Å². The van der Waals surface area contributed by atoms with Gasteiger partial charge >= 0.3 is 0 Å². The van der Waals surface area contributed by atoms with Crippen molar-refractivity contribution >= 4 is 0 Å². The smallest absolute Gasteiger partial charge is 0.123 e. The van der Waals surface area contributed by atoms with Crippen LogP contribution in [0.1, 0.15) is 24.1 Å². The monoisotopic (exact) mass is 272 g/mol. The van der Waals surface area contributed by atoms with E-state index in [0.29, 0.717) is 0 Å². The Kier molecular flexibility index (Phi) is 4.88. The quantitative estimate of drug-likeness (QED) is 0.879. The summed E-state index contributed by atoms with van der Waals surface area (Å²) in [5, 5.41) is 0. The van der Waals surface area contributed by atoms with Crippen molar-refractivity contribution in [3.05, 3.63) is 71.5 Å². The van der Waals surface area contributed by atoms with Gasteiger partial charge in [0.15, 0.2) is 0 Å². The van der Waals surface area contributed by atoms with Gasteiger partial charge in [0.25, 0.3) is 0 Å². The Labute approximate surface area is 119 Å². The predicted octanol–water partition coefficient (Wildman–Crippen LogP) is 3.03. The maximum atomic E-state index is 12.9. The van der Waals surface area contributed by atoms with Crippen molar-refractivity contribution in [2.45, 2.75) is 25.4 Å². The van der Waals surface area contributed by atoms with Crippen molar-refractivity contribution in [1.29, 1.82) is 0 Å². The van der Waals surface area contributed by atoms with Gasteiger partial charge in [-0.1, -0.05) is 49.4 Å². The zero-order valence-corrected chi connectivity index (χ0v) is 11.7. The molecule has 2 aromatic rings. The predicted molar refractivity (Wildman–Crippen MR) is 80.6 cm³/mol. The maximum absolute atomic E-state index is 12.9. The van der Waals surface area contributed by atoms with E-state index in [1.165, 1.54) is 17.7 Å². The molecule has 2 nitrogen and oxygen atoms in total. The fourth-order valence-electron chi connectivity index (χ4n) is 2.33. The highest BCUT2D eigenvalue weighted by atomic mass is 19.1. The molecular formula is C17H21FN2. The minimum atomic E-state index is -0.248. The van der Waals surface area contributed by atoms with Gasteiger partial charge in [0.1, 0.15) is 5.82 Å². The molecule has 0 saturated carbocycles. The number of hydrogen-bond donors (Lipinski definition) is 2. The van der Waals surface area contributed by atoms with Crippen LogP contribution < -0.4 is 11.5 Å². The summed E-state index contributed by atoms with van der Waals surface area (Å²) in [6, 6.07) is 16.2. The molecule has 0 spiro atoms. The summed E-state index contributed by atoms with van der Waals surface area (Å²) in [5.41, 5.74) is 14.6. The highest BCUT2D eigenvalue weighted by Gasteiger charge is 2.21. The zero-order chi connectivity index (χ0) is 14.5. The van der Waals surface area contributed by atoms with Crippen molar-refractivity contribution in [1.82, 2.24) is 0 Å². The molecule has 2 rings (SSSR count). The molecule has 0 amide bonds. The molecule has 0 aliphatic heterocycles.